The van der Waals surface area contributed by atoms with Gasteiger partial charge in [-0.25, -0.2) is 4.79 Å². The molecule has 0 aliphatic heterocycles. The summed E-state index contributed by atoms with van der Waals surface area (Å²) in [6.45, 7) is 0.406. The summed E-state index contributed by atoms with van der Waals surface area (Å²) in [6.07, 6.45) is 8.83. The van der Waals surface area contributed by atoms with Gasteiger partial charge in [-0.3, -0.25) is 14.4 Å². The minimum Gasteiger partial charge on any atom is -0.480 e. The molecule has 8 nitrogen and oxygen atoms in total. The summed E-state index contributed by atoms with van der Waals surface area (Å²) >= 11 is 12.2. The van der Waals surface area contributed by atoms with Crippen LogP contribution in [-0.4, -0.2) is 41.4 Å². The molecule has 1 atom stereocenters. The third kappa shape index (κ3) is 8.23. The van der Waals surface area contributed by atoms with E-state index in [2.05, 4.69) is 16.0 Å². The fourth-order valence-corrected chi connectivity index (χ4v) is 6.58. The van der Waals surface area contributed by atoms with E-state index < -0.39 is 23.3 Å². The molecule has 0 radical (unpaired) electrons. The maximum absolute atomic E-state index is 13.4. The first-order valence-electron chi connectivity index (χ1n) is 14.3. The molecule has 220 valence electrons. The van der Waals surface area contributed by atoms with Crippen molar-refractivity contribution in [3.63, 3.8) is 0 Å². The SMILES string of the molecule is O=C(CC1CCCC1)NCCC1(C(=O)NC(Cc2ccc(NC(=O)c3c(Cl)cccc3Cl)cc2)C(=O)O)CCCC1. The topological polar surface area (TPSA) is 125 Å². The second-order valence-electron chi connectivity index (χ2n) is 11.3. The second-order valence-corrected chi connectivity index (χ2v) is 12.1. The van der Waals surface area contributed by atoms with E-state index in [1.165, 1.54) is 12.8 Å². The van der Waals surface area contributed by atoms with Crippen molar-refractivity contribution in [3.05, 3.63) is 63.6 Å². The van der Waals surface area contributed by atoms with Gasteiger partial charge < -0.3 is 21.1 Å². The maximum atomic E-state index is 13.4. The standard InChI is InChI=1S/C31H37Cl2N3O5/c32-23-8-5-9-24(33)27(23)28(38)35-22-12-10-21(11-13-22)18-25(29(39)40)36-30(41)31(14-3-4-15-31)16-17-34-26(37)19-20-6-1-2-7-20/h5,8-13,20,25H,1-4,6-7,14-19H2,(H,34,37)(H,35,38)(H,36,41)(H,39,40). The monoisotopic (exact) mass is 601 g/mol. The van der Waals surface area contributed by atoms with Gasteiger partial charge in [-0.05, 0) is 67.9 Å². The molecule has 3 amide bonds. The number of benzene rings is 2. The fourth-order valence-electron chi connectivity index (χ4n) is 6.01. The number of carbonyl (C=O) groups excluding carboxylic acids is 3. The van der Waals surface area contributed by atoms with Crippen molar-refractivity contribution in [2.24, 2.45) is 11.3 Å². The number of hydrogen-bond acceptors (Lipinski definition) is 4. The number of nitrogens with one attached hydrogen (secondary N) is 3. The van der Waals surface area contributed by atoms with Gasteiger partial charge in [0.2, 0.25) is 11.8 Å². The van der Waals surface area contributed by atoms with Crippen LogP contribution in [0.3, 0.4) is 0 Å². The molecule has 41 heavy (non-hydrogen) atoms. The Morgan fingerprint density at radius 2 is 1.56 bits per heavy atom. The lowest BCUT2D eigenvalue weighted by Gasteiger charge is -2.29. The molecule has 0 aromatic heterocycles. The van der Waals surface area contributed by atoms with Gasteiger partial charge >= 0.3 is 5.97 Å². The number of aliphatic carboxylic acids is 1. The Labute approximate surface area is 250 Å². The molecule has 4 N–H and O–H groups in total. The Hall–Kier alpha value is -3.10. The normalized spacial score (nSPS) is 17.1. The van der Waals surface area contributed by atoms with E-state index in [1.54, 1.807) is 42.5 Å². The van der Waals surface area contributed by atoms with Crippen LogP contribution >= 0.6 is 23.2 Å². The Kier molecular flexibility index (Phi) is 10.7. The number of anilines is 1. The number of carbonyl (C=O) groups is 4. The van der Waals surface area contributed by atoms with Crippen LogP contribution in [0.25, 0.3) is 0 Å². The Morgan fingerprint density at radius 1 is 0.927 bits per heavy atom. The van der Waals surface area contributed by atoms with Crippen LogP contribution in [0, 0.1) is 11.3 Å². The largest absolute Gasteiger partial charge is 0.480 e. The first-order valence-corrected chi connectivity index (χ1v) is 15.1. The summed E-state index contributed by atoms with van der Waals surface area (Å²) in [5.74, 6) is -1.36. The van der Waals surface area contributed by atoms with Crippen LogP contribution in [0.15, 0.2) is 42.5 Å². The highest BCUT2D eigenvalue weighted by Gasteiger charge is 2.42. The van der Waals surface area contributed by atoms with Crippen molar-refractivity contribution >= 4 is 52.6 Å². The minimum absolute atomic E-state index is 0.0310. The number of carboxylic acid groups (broad SMARTS) is 1. The van der Waals surface area contributed by atoms with Gasteiger partial charge in [0.15, 0.2) is 0 Å². The van der Waals surface area contributed by atoms with Crippen LogP contribution in [0.5, 0.6) is 0 Å². The third-order valence-electron chi connectivity index (χ3n) is 8.36. The molecule has 0 bridgehead atoms. The lowest BCUT2D eigenvalue weighted by Crippen LogP contribution is -2.49. The molecule has 2 saturated carbocycles. The quantitative estimate of drug-likeness (QED) is 0.237. The van der Waals surface area contributed by atoms with E-state index in [-0.39, 0.29) is 33.8 Å². The highest BCUT2D eigenvalue weighted by Crippen LogP contribution is 2.41. The van der Waals surface area contributed by atoms with Crippen molar-refractivity contribution in [1.82, 2.24) is 10.6 Å². The van der Waals surface area contributed by atoms with E-state index in [9.17, 15) is 24.3 Å². The Balaban J connectivity index is 1.33. The van der Waals surface area contributed by atoms with E-state index in [0.717, 1.165) is 25.7 Å². The predicted octanol–water partition coefficient (Wildman–Crippen LogP) is 6.00. The molecule has 2 fully saturated rings. The lowest BCUT2D eigenvalue weighted by molar-refractivity contribution is -0.144. The average molecular weight is 603 g/mol. The van der Waals surface area contributed by atoms with Crippen LogP contribution in [-0.2, 0) is 20.8 Å². The van der Waals surface area contributed by atoms with Crippen molar-refractivity contribution in [1.29, 1.82) is 0 Å². The van der Waals surface area contributed by atoms with E-state index in [0.29, 0.717) is 49.4 Å². The molecular formula is C31H37Cl2N3O5. The Bertz CT molecular complexity index is 1230. The summed E-state index contributed by atoms with van der Waals surface area (Å²) < 4.78 is 0. The zero-order valence-corrected chi connectivity index (χ0v) is 24.5. The maximum Gasteiger partial charge on any atom is 0.326 e. The first kappa shape index (κ1) is 30.8. The van der Waals surface area contributed by atoms with Crippen molar-refractivity contribution < 1.29 is 24.3 Å². The molecule has 0 saturated heterocycles. The van der Waals surface area contributed by atoms with Gasteiger partial charge in [0.1, 0.15) is 6.04 Å². The van der Waals surface area contributed by atoms with Gasteiger partial charge in [-0.1, -0.05) is 67.1 Å². The second kappa shape index (κ2) is 14.2. The molecule has 10 heteroatoms. The van der Waals surface area contributed by atoms with Gasteiger partial charge in [0, 0.05) is 25.1 Å². The molecule has 2 aromatic carbocycles. The molecule has 0 spiro atoms. The summed E-state index contributed by atoms with van der Waals surface area (Å²) in [7, 11) is 0. The average Bonchev–Trinajstić information content (AvgIpc) is 3.62. The van der Waals surface area contributed by atoms with E-state index in [1.807, 2.05) is 0 Å². The first-order chi connectivity index (χ1) is 19.7. The molecule has 2 aliphatic rings. The highest BCUT2D eigenvalue weighted by atomic mass is 35.5. The minimum atomic E-state index is -1.12. The van der Waals surface area contributed by atoms with Crippen molar-refractivity contribution in [2.75, 3.05) is 11.9 Å². The smallest absolute Gasteiger partial charge is 0.326 e. The molecule has 2 aliphatic carbocycles. The third-order valence-corrected chi connectivity index (χ3v) is 8.99. The van der Waals surface area contributed by atoms with Crippen molar-refractivity contribution in [3.8, 4) is 0 Å². The van der Waals surface area contributed by atoms with Gasteiger partial charge in [-0.15, -0.1) is 0 Å². The molecule has 2 aromatic rings. The predicted molar refractivity (Wildman–Crippen MR) is 159 cm³/mol. The summed E-state index contributed by atoms with van der Waals surface area (Å²) in [6, 6.07) is 10.4. The number of amides is 3. The van der Waals surface area contributed by atoms with E-state index in [4.69, 9.17) is 23.2 Å². The number of rotatable bonds is 12. The molecule has 1 unspecified atom stereocenters. The van der Waals surface area contributed by atoms with Crippen molar-refractivity contribution in [2.45, 2.75) is 76.7 Å². The molecule has 0 heterocycles. The molecule has 4 rings (SSSR count). The zero-order valence-electron chi connectivity index (χ0n) is 23.0. The number of halogens is 2. The van der Waals surface area contributed by atoms with Gasteiger partial charge in [0.05, 0.1) is 21.0 Å². The molecular weight excluding hydrogens is 565 g/mol. The summed E-state index contributed by atoms with van der Waals surface area (Å²) in [5, 5.41) is 18.9. The summed E-state index contributed by atoms with van der Waals surface area (Å²) in [5.41, 5.74) is 0.669. The zero-order chi connectivity index (χ0) is 29.4. The highest BCUT2D eigenvalue weighted by molar-refractivity contribution is 6.40. The van der Waals surface area contributed by atoms with Crippen LogP contribution < -0.4 is 16.0 Å². The number of carboxylic acids is 1. The van der Waals surface area contributed by atoms with Crippen LogP contribution in [0.2, 0.25) is 10.0 Å². The Morgan fingerprint density at radius 3 is 2.17 bits per heavy atom. The van der Waals surface area contributed by atoms with Gasteiger partial charge in [0.25, 0.3) is 5.91 Å². The lowest BCUT2D eigenvalue weighted by atomic mass is 9.81. The fraction of sp³-hybridized carbons (Fsp3) is 0.484. The van der Waals surface area contributed by atoms with Crippen LogP contribution in [0.1, 0.15) is 80.1 Å². The van der Waals surface area contributed by atoms with E-state index >= 15 is 0 Å². The number of hydrogen-bond donors (Lipinski definition) is 4. The van der Waals surface area contributed by atoms with Crippen LogP contribution in [0.4, 0.5) is 5.69 Å². The van der Waals surface area contributed by atoms with Gasteiger partial charge in [-0.2, -0.15) is 0 Å². The summed E-state index contributed by atoms with van der Waals surface area (Å²) in [4.78, 5) is 50.6.